The van der Waals surface area contributed by atoms with Crippen molar-refractivity contribution in [1.29, 1.82) is 0 Å². The molecular formula is C16H23NO4. The predicted octanol–water partition coefficient (Wildman–Crippen LogP) is 2.77. The third-order valence-corrected chi connectivity index (χ3v) is 3.20. The number of amides is 1. The first kappa shape index (κ1) is 17.0. The number of aryl methyl sites for hydroxylation is 1. The van der Waals surface area contributed by atoms with E-state index < -0.39 is 5.97 Å². The lowest BCUT2D eigenvalue weighted by Gasteiger charge is -2.10. The van der Waals surface area contributed by atoms with Crippen LogP contribution in [0.2, 0.25) is 0 Å². The molecule has 0 aromatic heterocycles. The van der Waals surface area contributed by atoms with Gasteiger partial charge >= 0.3 is 5.97 Å². The second-order valence-corrected chi connectivity index (χ2v) is 5.02. The number of aliphatic carboxylic acids is 1. The van der Waals surface area contributed by atoms with Crippen molar-refractivity contribution < 1.29 is 19.4 Å². The summed E-state index contributed by atoms with van der Waals surface area (Å²) in [6.07, 6.45) is 3.54. The molecule has 1 aromatic rings. The van der Waals surface area contributed by atoms with E-state index >= 15 is 0 Å². The van der Waals surface area contributed by atoms with Crippen LogP contribution >= 0.6 is 0 Å². The van der Waals surface area contributed by atoms with Crippen LogP contribution in [-0.2, 0) is 4.79 Å². The number of hydrogen-bond acceptors (Lipinski definition) is 3. The Hall–Kier alpha value is -2.04. The minimum Gasteiger partial charge on any atom is -0.496 e. The average molecular weight is 293 g/mol. The smallest absolute Gasteiger partial charge is 0.303 e. The van der Waals surface area contributed by atoms with Gasteiger partial charge in [0, 0.05) is 13.0 Å². The molecule has 0 saturated heterocycles. The maximum atomic E-state index is 12.1. The van der Waals surface area contributed by atoms with Gasteiger partial charge in [-0.15, -0.1) is 0 Å². The fraction of sp³-hybridized carbons (Fsp3) is 0.500. The summed E-state index contributed by atoms with van der Waals surface area (Å²) in [5.74, 6) is -0.324. The summed E-state index contributed by atoms with van der Waals surface area (Å²) in [6, 6.07) is 5.50. The summed E-state index contributed by atoms with van der Waals surface area (Å²) in [7, 11) is 1.55. The number of carboxylic acid groups (broad SMARTS) is 1. The van der Waals surface area contributed by atoms with E-state index in [4.69, 9.17) is 9.84 Å². The van der Waals surface area contributed by atoms with E-state index in [0.29, 0.717) is 24.3 Å². The van der Waals surface area contributed by atoms with E-state index in [0.717, 1.165) is 24.8 Å². The van der Waals surface area contributed by atoms with Crippen LogP contribution in [0.25, 0.3) is 0 Å². The Morgan fingerprint density at radius 2 is 1.90 bits per heavy atom. The fourth-order valence-electron chi connectivity index (χ4n) is 2.05. The van der Waals surface area contributed by atoms with Crippen LogP contribution in [0.3, 0.4) is 0 Å². The van der Waals surface area contributed by atoms with Crippen LogP contribution in [0.1, 0.15) is 48.0 Å². The van der Waals surface area contributed by atoms with Gasteiger partial charge in [0.25, 0.3) is 5.91 Å². The van der Waals surface area contributed by atoms with Crippen molar-refractivity contribution >= 4 is 11.9 Å². The number of methoxy groups -OCH3 is 1. The summed E-state index contributed by atoms with van der Waals surface area (Å²) < 4.78 is 5.19. The molecule has 1 rings (SSSR count). The first-order valence-electron chi connectivity index (χ1n) is 7.19. The summed E-state index contributed by atoms with van der Waals surface area (Å²) in [4.78, 5) is 22.4. The van der Waals surface area contributed by atoms with Gasteiger partial charge < -0.3 is 15.2 Å². The first-order chi connectivity index (χ1) is 10.0. The Labute approximate surface area is 125 Å². The normalized spacial score (nSPS) is 10.2. The minimum atomic E-state index is -0.755. The maximum absolute atomic E-state index is 12.1. The zero-order valence-corrected chi connectivity index (χ0v) is 12.6. The van der Waals surface area contributed by atoms with Crippen molar-refractivity contribution in [2.75, 3.05) is 13.7 Å². The second kappa shape index (κ2) is 9.00. The second-order valence-electron chi connectivity index (χ2n) is 5.02. The van der Waals surface area contributed by atoms with Crippen LogP contribution < -0.4 is 10.1 Å². The van der Waals surface area contributed by atoms with E-state index in [-0.39, 0.29) is 12.3 Å². The first-order valence-corrected chi connectivity index (χ1v) is 7.19. The predicted molar refractivity (Wildman–Crippen MR) is 80.8 cm³/mol. The van der Waals surface area contributed by atoms with E-state index in [1.807, 2.05) is 13.0 Å². The lowest BCUT2D eigenvalue weighted by molar-refractivity contribution is -0.137. The fourth-order valence-corrected chi connectivity index (χ4v) is 2.05. The molecule has 21 heavy (non-hydrogen) atoms. The van der Waals surface area contributed by atoms with Crippen LogP contribution in [-0.4, -0.2) is 30.6 Å². The van der Waals surface area contributed by atoms with Crippen molar-refractivity contribution in [3.63, 3.8) is 0 Å². The molecule has 5 heteroatoms. The van der Waals surface area contributed by atoms with Gasteiger partial charge in [-0.3, -0.25) is 9.59 Å². The highest BCUT2D eigenvalue weighted by Gasteiger charge is 2.11. The van der Waals surface area contributed by atoms with Crippen molar-refractivity contribution in [3.05, 3.63) is 29.3 Å². The summed E-state index contributed by atoms with van der Waals surface area (Å²) >= 11 is 0. The van der Waals surface area contributed by atoms with E-state index in [1.165, 1.54) is 0 Å². The number of benzene rings is 1. The number of carbonyl (C=O) groups is 2. The molecule has 0 spiro atoms. The third kappa shape index (κ3) is 6.29. The molecule has 0 fully saturated rings. The highest BCUT2D eigenvalue weighted by Crippen LogP contribution is 2.19. The molecule has 0 atom stereocenters. The van der Waals surface area contributed by atoms with Gasteiger partial charge in [0.2, 0.25) is 0 Å². The van der Waals surface area contributed by atoms with Crippen molar-refractivity contribution in [3.8, 4) is 5.75 Å². The van der Waals surface area contributed by atoms with E-state index in [1.54, 1.807) is 19.2 Å². The number of carboxylic acids is 1. The van der Waals surface area contributed by atoms with E-state index in [2.05, 4.69) is 5.32 Å². The van der Waals surface area contributed by atoms with Gasteiger partial charge in [0.15, 0.2) is 0 Å². The summed E-state index contributed by atoms with van der Waals surface area (Å²) in [5, 5.41) is 11.4. The molecule has 0 aliphatic carbocycles. The zero-order chi connectivity index (χ0) is 15.7. The molecule has 0 bridgehead atoms. The van der Waals surface area contributed by atoms with Gasteiger partial charge in [0.05, 0.1) is 12.7 Å². The van der Waals surface area contributed by atoms with Crippen molar-refractivity contribution in [2.45, 2.75) is 39.0 Å². The number of rotatable bonds is 9. The van der Waals surface area contributed by atoms with Crippen molar-refractivity contribution in [1.82, 2.24) is 5.32 Å². The van der Waals surface area contributed by atoms with Crippen LogP contribution in [0.5, 0.6) is 5.75 Å². The standard InChI is InChI=1S/C16H23NO4/c1-12-8-9-14(21-2)13(11-12)16(20)17-10-6-4-3-5-7-15(18)19/h8-9,11H,3-7,10H2,1-2H3,(H,17,20)(H,18,19). The van der Waals surface area contributed by atoms with Gasteiger partial charge in [-0.1, -0.05) is 24.5 Å². The Bertz CT molecular complexity index is 485. The molecule has 5 nitrogen and oxygen atoms in total. The Morgan fingerprint density at radius 1 is 1.19 bits per heavy atom. The third-order valence-electron chi connectivity index (χ3n) is 3.20. The lowest BCUT2D eigenvalue weighted by atomic mass is 10.1. The molecule has 0 aliphatic rings. The molecule has 0 aliphatic heterocycles. The van der Waals surface area contributed by atoms with E-state index in [9.17, 15) is 9.59 Å². The Kier molecular flexibility index (Phi) is 7.29. The highest BCUT2D eigenvalue weighted by atomic mass is 16.5. The molecule has 1 aromatic carbocycles. The number of ether oxygens (including phenoxy) is 1. The van der Waals surface area contributed by atoms with Crippen LogP contribution in [0.4, 0.5) is 0 Å². The number of unbranched alkanes of at least 4 members (excludes halogenated alkanes) is 3. The zero-order valence-electron chi connectivity index (χ0n) is 12.6. The molecule has 0 saturated carbocycles. The summed E-state index contributed by atoms with van der Waals surface area (Å²) in [5.41, 5.74) is 1.55. The molecule has 0 unspecified atom stereocenters. The minimum absolute atomic E-state index is 0.138. The van der Waals surface area contributed by atoms with Crippen molar-refractivity contribution in [2.24, 2.45) is 0 Å². The molecule has 1 amide bonds. The SMILES string of the molecule is COc1ccc(C)cc1C(=O)NCCCCCCC(=O)O. The average Bonchev–Trinajstić information content (AvgIpc) is 2.45. The molecule has 2 N–H and O–H groups in total. The molecule has 116 valence electrons. The quantitative estimate of drug-likeness (QED) is 0.686. The Morgan fingerprint density at radius 3 is 2.57 bits per heavy atom. The lowest BCUT2D eigenvalue weighted by Crippen LogP contribution is -2.25. The summed E-state index contributed by atoms with van der Waals surface area (Å²) in [6.45, 7) is 2.52. The molecule has 0 heterocycles. The number of hydrogen-bond donors (Lipinski definition) is 2. The van der Waals surface area contributed by atoms with Crippen LogP contribution in [0, 0.1) is 6.92 Å². The number of nitrogens with one attached hydrogen (secondary N) is 1. The van der Waals surface area contributed by atoms with Gasteiger partial charge in [-0.25, -0.2) is 0 Å². The largest absolute Gasteiger partial charge is 0.496 e. The van der Waals surface area contributed by atoms with Crippen LogP contribution in [0.15, 0.2) is 18.2 Å². The molecule has 0 radical (unpaired) electrons. The van der Waals surface area contributed by atoms with Gasteiger partial charge in [0.1, 0.15) is 5.75 Å². The monoisotopic (exact) mass is 293 g/mol. The van der Waals surface area contributed by atoms with Gasteiger partial charge in [-0.05, 0) is 31.9 Å². The molecular weight excluding hydrogens is 270 g/mol. The maximum Gasteiger partial charge on any atom is 0.303 e. The highest BCUT2D eigenvalue weighted by molar-refractivity contribution is 5.97. The Balaban J connectivity index is 2.31. The number of carbonyl (C=O) groups excluding carboxylic acids is 1. The van der Waals surface area contributed by atoms with Gasteiger partial charge in [-0.2, -0.15) is 0 Å². The topological polar surface area (TPSA) is 75.6 Å².